The summed E-state index contributed by atoms with van der Waals surface area (Å²) >= 11 is 15.0. The molecule has 1 fully saturated rings. The minimum atomic E-state index is -3.49. The van der Waals surface area contributed by atoms with Gasteiger partial charge in [-0.15, -0.1) is 0 Å². The van der Waals surface area contributed by atoms with Crippen molar-refractivity contribution in [2.75, 3.05) is 13.1 Å². The zero-order valence-corrected chi connectivity index (χ0v) is 13.4. The standard InChI is InChI=1S/C11H12BrCl2NO2S/c12-8-6-9(13)10(14)7-11(8)18(16,17)15-4-2-1-3-5-15/h6-7H,1-5H2. The predicted octanol–water partition coefficient (Wildman–Crippen LogP) is 3.93. The van der Waals surface area contributed by atoms with Gasteiger partial charge in [-0.05, 0) is 40.9 Å². The first kappa shape index (κ1) is 14.6. The quantitative estimate of drug-likeness (QED) is 0.737. The lowest BCUT2D eigenvalue weighted by atomic mass is 10.2. The molecule has 100 valence electrons. The molecule has 1 aliphatic rings. The highest BCUT2D eigenvalue weighted by atomic mass is 79.9. The maximum atomic E-state index is 12.5. The van der Waals surface area contributed by atoms with E-state index in [-0.39, 0.29) is 9.92 Å². The number of sulfonamides is 1. The summed E-state index contributed by atoms with van der Waals surface area (Å²) in [6.07, 6.45) is 2.88. The van der Waals surface area contributed by atoms with Gasteiger partial charge in [0.25, 0.3) is 0 Å². The van der Waals surface area contributed by atoms with E-state index in [2.05, 4.69) is 15.9 Å². The van der Waals surface area contributed by atoms with Crippen molar-refractivity contribution in [1.29, 1.82) is 0 Å². The van der Waals surface area contributed by atoms with Crippen LogP contribution in [0.4, 0.5) is 0 Å². The van der Waals surface area contributed by atoms with E-state index in [1.165, 1.54) is 16.4 Å². The Morgan fingerprint density at radius 3 is 2.22 bits per heavy atom. The molecule has 0 spiro atoms. The van der Waals surface area contributed by atoms with Crippen LogP contribution in [-0.2, 0) is 10.0 Å². The molecule has 18 heavy (non-hydrogen) atoms. The Hall–Kier alpha value is 0.190. The molecule has 0 unspecified atom stereocenters. The fourth-order valence-corrected chi connectivity index (χ4v) is 5.02. The Labute approximate surface area is 125 Å². The molecular weight excluding hydrogens is 361 g/mol. The molecule has 0 bridgehead atoms. The van der Waals surface area contributed by atoms with Gasteiger partial charge in [-0.1, -0.05) is 29.6 Å². The van der Waals surface area contributed by atoms with Gasteiger partial charge >= 0.3 is 0 Å². The second kappa shape index (κ2) is 5.67. The highest BCUT2D eigenvalue weighted by molar-refractivity contribution is 9.10. The van der Waals surface area contributed by atoms with Crippen LogP contribution < -0.4 is 0 Å². The molecule has 1 aromatic rings. The summed E-state index contributed by atoms with van der Waals surface area (Å²) in [5.41, 5.74) is 0. The number of piperidine rings is 1. The average Bonchev–Trinajstić information content (AvgIpc) is 2.34. The van der Waals surface area contributed by atoms with E-state index >= 15 is 0 Å². The molecular formula is C11H12BrCl2NO2S. The van der Waals surface area contributed by atoms with Crippen molar-refractivity contribution in [3.63, 3.8) is 0 Å². The molecule has 1 aliphatic heterocycles. The maximum Gasteiger partial charge on any atom is 0.244 e. The Bertz CT molecular complexity index is 556. The van der Waals surface area contributed by atoms with Gasteiger partial charge < -0.3 is 0 Å². The van der Waals surface area contributed by atoms with Crippen molar-refractivity contribution in [2.45, 2.75) is 24.2 Å². The highest BCUT2D eigenvalue weighted by Gasteiger charge is 2.28. The third-order valence-corrected chi connectivity index (χ3v) is 6.49. The third-order valence-electron chi connectivity index (χ3n) is 2.91. The Morgan fingerprint density at radius 2 is 1.61 bits per heavy atom. The lowest BCUT2D eigenvalue weighted by Gasteiger charge is -2.26. The minimum absolute atomic E-state index is 0.179. The predicted molar refractivity (Wildman–Crippen MR) is 76.8 cm³/mol. The smallest absolute Gasteiger partial charge is 0.207 e. The molecule has 3 nitrogen and oxygen atoms in total. The van der Waals surface area contributed by atoms with Gasteiger partial charge in [0.05, 0.1) is 14.9 Å². The second-order valence-corrected chi connectivity index (χ2v) is 7.74. The van der Waals surface area contributed by atoms with E-state index in [1.54, 1.807) is 0 Å². The number of hydrogen-bond acceptors (Lipinski definition) is 2. The van der Waals surface area contributed by atoms with Gasteiger partial charge in [0.1, 0.15) is 0 Å². The fourth-order valence-electron chi connectivity index (χ4n) is 1.95. The molecule has 1 saturated heterocycles. The van der Waals surface area contributed by atoms with Gasteiger partial charge in [-0.3, -0.25) is 0 Å². The zero-order chi connectivity index (χ0) is 13.3. The number of benzene rings is 1. The summed E-state index contributed by atoms with van der Waals surface area (Å²) < 4.78 is 26.9. The highest BCUT2D eigenvalue weighted by Crippen LogP contribution is 2.34. The van der Waals surface area contributed by atoms with Crippen LogP contribution in [0.5, 0.6) is 0 Å². The molecule has 1 aromatic carbocycles. The van der Waals surface area contributed by atoms with Crippen LogP contribution in [0, 0.1) is 0 Å². The van der Waals surface area contributed by atoms with E-state index in [9.17, 15) is 8.42 Å². The van der Waals surface area contributed by atoms with Crippen molar-refractivity contribution in [3.8, 4) is 0 Å². The molecule has 0 amide bonds. The van der Waals surface area contributed by atoms with Crippen LogP contribution in [0.1, 0.15) is 19.3 Å². The zero-order valence-electron chi connectivity index (χ0n) is 9.50. The van der Waals surface area contributed by atoms with Crippen LogP contribution in [0.25, 0.3) is 0 Å². The number of nitrogens with zero attached hydrogens (tertiary/aromatic N) is 1. The van der Waals surface area contributed by atoms with Crippen LogP contribution in [0.3, 0.4) is 0 Å². The average molecular weight is 373 g/mol. The molecule has 0 radical (unpaired) electrons. The third kappa shape index (κ3) is 2.85. The van der Waals surface area contributed by atoms with Crippen molar-refractivity contribution < 1.29 is 8.42 Å². The maximum absolute atomic E-state index is 12.5. The van der Waals surface area contributed by atoms with Crippen molar-refractivity contribution in [3.05, 3.63) is 26.7 Å². The number of hydrogen-bond donors (Lipinski definition) is 0. The molecule has 7 heteroatoms. The lowest BCUT2D eigenvalue weighted by Crippen LogP contribution is -2.35. The summed E-state index contributed by atoms with van der Waals surface area (Å²) in [7, 11) is -3.49. The van der Waals surface area contributed by atoms with Crippen LogP contribution >= 0.6 is 39.1 Å². The number of rotatable bonds is 2. The molecule has 1 heterocycles. The monoisotopic (exact) mass is 371 g/mol. The summed E-state index contributed by atoms with van der Waals surface area (Å²) in [6.45, 7) is 1.13. The topological polar surface area (TPSA) is 37.4 Å². The molecule has 2 rings (SSSR count). The van der Waals surface area contributed by atoms with Gasteiger partial charge in [-0.2, -0.15) is 4.31 Å². The van der Waals surface area contributed by atoms with Crippen LogP contribution in [-0.4, -0.2) is 25.8 Å². The molecule has 0 aliphatic carbocycles. The number of halogens is 3. The van der Waals surface area contributed by atoms with Gasteiger partial charge in [-0.25, -0.2) is 8.42 Å². The summed E-state index contributed by atoms with van der Waals surface area (Å²) in [5.74, 6) is 0. The van der Waals surface area contributed by atoms with E-state index in [1.807, 2.05) is 0 Å². The van der Waals surface area contributed by atoms with Crippen molar-refractivity contribution in [2.24, 2.45) is 0 Å². The molecule has 0 aromatic heterocycles. The van der Waals surface area contributed by atoms with Crippen molar-refractivity contribution in [1.82, 2.24) is 4.31 Å². The van der Waals surface area contributed by atoms with Crippen LogP contribution in [0.15, 0.2) is 21.5 Å². The minimum Gasteiger partial charge on any atom is -0.207 e. The van der Waals surface area contributed by atoms with E-state index < -0.39 is 10.0 Å². The first-order valence-electron chi connectivity index (χ1n) is 5.57. The van der Waals surface area contributed by atoms with Crippen LogP contribution in [0.2, 0.25) is 10.0 Å². The van der Waals surface area contributed by atoms with Gasteiger partial charge in [0, 0.05) is 17.6 Å². The summed E-state index contributed by atoms with van der Waals surface area (Å²) in [5, 5.41) is 0.580. The first-order chi connectivity index (χ1) is 8.43. The van der Waals surface area contributed by atoms with Gasteiger partial charge in [0.15, 0.2) is 0 Å². The Balaban J connectivity index is 2.43. The fraction of sp³-hybridized carbons (Fsp3) is 0.455. The second-order valence-electron chi connectivity index (χ2n) is 4.16. The normalized spacial score (nSPS) is 17.9. The Morgan fingerprint density at radius 1 is 1.06 bits per heavy atom. The van der Waals surface area contributed by atoms with E-state index in [0.717, 1.165) is 19.3 Å². The lowest BCUT2D eigenvalue weighted by molar-refractivity contribution is 0.346. The Kier molecular flexibility index (Phi) is 4.60. The molecule has 0 N–H and O–H groups in total. The van der Waals surface area contributed by atoms with Crippen molar-refractivity contribution >= 4 is 49.2 Å². The van der Waals surface area contributed by atoms with E-state index in [0.29, 0.717) is 22.6 Å². The molecule has 0 atom stereocenters. The van der Waals surface area contributed by atoms with E-state index in [4.69, 9.17) is 23.2 Å². The SMILES string of the molecule is O=S(=O)(c1cc(Cl)c(Cl)cc1Br)N1CCCCC1. The molecule has 0 saturated carbocycles. The van der Waals surface area contributed by atoms with Gasteiger partial charge in [0.2, 0.25) is 10.0 Å². The summed E-state index contributed by atoms with van der Waals surface area (Å²) in [4.78, 5) is 0.179. The largest absolute Gasteiger partial charge is 0.244 e. The first-order valence-corrected chi connectivity index (χ1v) is 8.56. The summed E-state index contributed by atoms with van der Waals surface area (Å²) in [6, 6.07) is 2.92.